The fourth-order valence-electron chi connectivity index (χ4n) is 1.57. The van der Waals surface area contributed by atoms with Crippen LogP contribution in [0.4, 0.5) is 0 Å². The molecular formula is C11H11ClN2OS. The van der Waals surface area contributed by atoms with Gasteiger partial charge in [0, 0.05) is 11.3 Å². The highest BCUT2D eigenvalue weighted by Gasteiger charge is 2.09. The quantitative estimate of drug-likeness (QED) is 0.826. The first-order valence-electron chi connectivity index (χ1n) is 4.96. The normalized spacial score (nSPS) is 10.7. The topological polar surface area (TPSA) is 34.9 Å². The number of thiophene rings is 1. The van der Waals surface area contributed by atoms with Crippen molar-refractivity contribution in [1.29, 1.82) is 0 Å². The molecule has 2 rings (SSSR count). The summed E-state index contributed by atoms with van der Waals surface area (Å²) in [5, 5.41) is 0.803. The number of nitrogens with zero attached hydrogens (tertiary/aromatic N) is 2. The Hall–Kier alpha value is -1.13. The Labute approximate surface area is 102 Å². The Balaban J connectivity index is 2.63. The molecule has 0 N–H and O–H groups in total. The van der Waals surface area contributed by atoms with Gasteiger partial charge in [-0.3, -0.25) is 9.36 Å². The van der Waals surface area contributed by atoms with Crippen molar-refractivity contribution < 1.29 is 0 Å². The van der Waals surface area contributed by atoms with E-state index in [-0.39, 0.29) is 5.56 Å². The fourth-order valence-corrected chi connectivity index (χ4v) is 2.57. The zero-order valence-electron chi connectivity index (χ0n) is 9.03. The molecule has 2 aromatic heterocycles. The number of hydrogen-bond donors (Lipinski definition) is 0. The molecule has 84 valence electrons. The van der Waals surface area contributed by atoms with Crippen molar-refractivity contribution in [2.24, 2.45) is 0 Å². The van der Waals surface area contributed by atoms with Gasteiger partial charge in [0.25, 0.3) is 5.56 Å². The van der Waals surface area contributed by atoms with E-state index in [0.717, 1.165) is 16.3 Å². The van der Waals surface area contributed by atoms with Crippen molar-refractivity contribution in [2.75, 3.05) is 0 Å². The van der Waals surface area contributed by atoms with E-state index in [9.17, 15) is 4.79 Å². The first-order valence-corrected chi connectivity index (χ1v) is 6.15. The van der Waals surface area contributed by atoms with Gasteiger partial charge in [-0.15, -0.1) is 11.3 Å². The first kappa shape index (κ1) is 11.4. The summed E-state index contributed by atoms with van der Waals surface area (Å²) in [6, 6.07) is 3.60. The smallest absolute Gasteiger partial charge is 0.261 e. The lowest BCUT2D eigenvalue weighted by Crippen LogP contribution is -2.23. The summed E-state index contributed by atoms with van der Waals surface area (Å²) in [7, 11) is 0. The Morgan fingerprint density at radius 2 is 2.25 bits per heavy atom. The van der Waals surface area contributed by atoms with E-state index in [1.165, 1.54) is 11.3 Å². The second kappa shape index (κ2) is 4.39. The number of aromatic nitrogens is 2. The molecule has 0 amide bonds. The molecule has 16 heavy (non-hydrogen) atoms. The Bertz CT molecular complexity index is 574. The molecule has 0 saturated carbocycles. The number of rotatable bonds is 2. The molecule has 0 bridgehead atoms. The Kier molecular flexibility index (Phi) is 3.12. The summed E-state index contributed by atoms with van der Waals surface area (Å²) in [6.45, 7) is 3.81. The standard InChI is InChI=1S/C11H11ClN2OS/c1-3-8-7(2)13-6-14(11(8)15)10-5-4-9(12)16-10/h4-6H,3H2,1-2H3. The summed E-state index contributed by atoms with van der Waals surface area (Å²) in [5.41, 5.74) is 1.55. The Morgan fingerprint density at radius 3 is 2.81 bits per heavy atom. The van der Waals surface area contributed by atoms with Gasteiger partial charge in [0.05, 0.1) is 4.34 Å². The van der Waals surface area contributed by atoms with E-state index in [1.807, 2.05) is 19.9 Å². The number of hydrogen-bond acceptors (Lipinski definition) is 3. The van der Waals surface area contributed by atoms with Gasteiger partial charge < -0.3 is 0 Å². The van der Waals surface area contributed by atoms with Crippen LogP contribution in [0.15, 0.2) is 23.3 Å². The van der Waals surface area contributed by atoms with Crippen LogP contribution in [0, 0.1) is 6.92 Å². The molecule has 0 aliphatic heterocycles. The highest BCUT2D eigenvalue weighted by Crippen LogP contribution is 2.23. The summed E-state index contributed by atoms with van der Waals surface area (Å²) in [5.74, 6) is 0. The van der Waals surface area contributed by atoms with Gasteiger partial charge in [0.1, 0.15) is 11.3 Å². The lowest BCUT2D eigenvalue weighted by molar-refractivity contribution is 0.876. The van der Waals surface area contributed by atoms with E-state index in [1.54, 1.807) is 17.0 Å². The summed E-state index contributed by atoms with van der Waals surface area (Å²) < 4.78 is 2.21. The highest BCUT2D eigenvalue weighted by molar-refractivity contribution is 7.18. The first-order chi connectivity index (χ1) is 7.63. The molecule has 2 aromatic rings. The van der Waals surface area contributed by atoms with E-state index < -0.39 is 0 Å². The molecule has 0 spiro atoms. The van der Waals surface area contributed by atoms with Crippen molar-refractivity contribution in [3.8, 4) is 5.00 Å². The van der Waals surface area contributed by atoms with Gasteiger partial charge in [-0.25, -0.2) is 4.98 Å². The van der Waals surface area contributed by atoms with Crippen LogP contribution >= 0.6 is 22.9 Å². The molecule has 0 aromatic carbocycles. The van der Waals surface area contributed by atoms with Crippen LogP contribution in [0.2, 0.25) is 4.34 Å². The van der Waals surface area contributed by atoms with Crippen molar-refractivity contribution >= 4 is 22.9 Å². The van der Waals surface area contributed by atoms with Crippen LogP contribution in [0.3, 0.4) is 0 Å². The molecule has 5 heteroatoms. The van der Waals surface area contributed by atoms with Crippen LogP contribution in [0.25, 0.3) is 5.00 Å². The molecule has 2 heterocycles. The summed E-state index contributed by atoms with van der Waals surface area (Å²) >= 11 is 7.22. The lowest BCUT2D eigenvalue weighted by Gasteiger charge is -2.06. The van der Waals surface area contributed by atoms with Gasteiger partial charge in [-0.05, 0) is 25.5 Å². The SMILES string of the molecule is CCc1c(C)ncn(-c2ccc(Cl)s2)c1=O. The molecule has 0 aliphatic rings. The zero-order chi connectivity index (χ0) is 11.7. The number of aryl methyl sites for hydroxylation is 1. The van der Waals surface area contributed by atoms with Gasteiger partial charge in [0.15, 0.2) is 0 Å². The summed E-state index contributed by atoms with van der Waals surface area (Å²) in [6.07, 6.45) is 2.25. The van der Waals surface area contributed by atoms with Gasteiger partial charge in [0.2, 0.25) is 0 Å². The third-order valence-electron chi connectivity index (χ3n) is 2.43. The van der Waals surface area contributed by atoms with Gasteiger partial charge >= 0.3 is 0 Å². The van der Waals surface area contributed by atoms with Crippen LogP contribution in [0.5, 0.6) is 0 Å². The van der Waals surface area contributed by atoms with Gasteiger partial charge in [-0.2, -0.15) is 0 Å². The predicted octanol–water partition coefficient (Wildman–Crippen LogP) is 2.82. The van der Waals surface area contributed by atoms with E-state index in [2.05, 4.69) is 4.98 Å². The molecule has 3 nitrogen and oxygen atoms in total. The van der Waals surface area contributed by atoms with Crippen LogP contribution in [-0.2, 0) is 6.42 Å². The van der Waals surface area contributed by atoms with E-state index >= 15 is 0 Å². The maximum Gasteiger partial charge on any atom is 0.261 e. The molecular weight excluding hydrogens is 244 g/mol. The second-order valence-electron chi connectivity index (χ2n) is 3.41. The third kappa shape index (κ3) is 1.90. The molecule has 0 fully saturated rings. The monoisotopic (exact) mass is 254 g/mol. The van der Waals surface area contributed by atoms with Crippen molar-refractivity contribution in [3.05, 3.63) is 44.4 Å². The minimum atomic E-state index is -0.00600. The fraction of sp³-hybridized carbons (Fsp3) is 0.273. The maximum absolute atomic E-state index is 12.1. The van der Waals surface area contributed by atoms with Crippen LogP contribution in [-0.4, -0.2) is 9.55 Å². The van der Waals surface area contributed by atoms with Crippen LogP contribution in [0.1, 0.15) is 18.2 Å². The number of halogens is 1. The van der Waals surface area contributed by atoms with Crippen LogP contribution < -0.4 is 5.56 Å². The second-order valence-corrected chi connectivity index (χ2v) is 5.11. The van der Waals surface area contributed by atoms with Gasteiger partial charge in [-0.1, -0.05) is 18.5 Å². The average molecular weight is 255 g/mol. The van der Waals surface area contributed by atoms with E-state index in [4.69, 9.17) is 11.6 Å². The highest BCUT2D eigenvalue weighted by atomic mass is 35.5. The maximum atomic E-state index is 12.1. The molecule has 0 atom stereocenters. The minimum absolute atomic E-state index is 0.00600. The zero-order valence-corrected chi connectivity index (χ0v) is 10.6. The molecule has 0 unspecified atom stereocenters. The van der Waals surface area contributed by atoms with Crippen molar-refractivity contribution in [2.45, 2.75) is 20.3 Å². The lowest BCUT2D eigenvalue weighted by atomic mass is 10.2. The molecule has 0 aliphatic carbocycles. The third-order valence-corrected chi connectivity index (χ3v) is 3.66. The van der Waals surface area contributed by atoms with Crippen molar-refractivity contribution in [1.82, 2.24) is 9.55 Å². The van der Waals surface area contributed by atoms with Crippen molar-refractivity contribution in [3.63, 3.8) is 0 Å². The minimum Gasteiger partial charge on any atom is -0.269 e. The molecule has 0 radical (unpaired) electrons. The predicted molar refractivity (Wildman–Crippen MR) is 66.8 cm³/mol. The largest absolute Gasteiger partial charge is 0.269 e. The van der Waals surface area contributed by atoms with E-state index in [0.29, 0.717) is 10.8 Å². The average Bonchev–Trinajstić information content (AvgIpc) is 2.65. The summed E-state index contributed by atoms with van der Waals surface area (Å²) in [4.78, 5) is 16.3. The Morgan fingerprint density at radius 1 is 1.50 bits per heavy atom. The molecule has 0 saturated heterocycles.